The first-order valence-electron chi connectivity index (χ1n) is 37.5. The molecule has 4 nitrogen and oxygen atoms in total. The van der Waals surface area contributed by atoms with Crippen molar-refractivity contribution in [2.75, 3.05) is 14.2 Å². The summed E-state index contributed by atoms with van der Waals surface area (Å²) in [5.41, 5.74) is -10.2. The molecule has 0 spiro atoms. The Morgan fingerprint density at radius 3 is 0.377 bits per heavy atom. The molecule has 10 aromatic carbocycles. The molecule has 0 saturated carbocycles. The molecule has 0 atom stereocenters. The highest BCUT2D eigenvalue weighted by Crippen LogP contribution is 2.56. The quantitative estimate of drug-likeness (QED) is 0.108. The molecule has 0 heterocycles. The Morgan fingerprint density at radius 1 is 0.148 bits per heavy atom. The molecule has 0 radical (unpaired) electrons. The molecule has 0 aliphatic heterocycles. The maximum Gasteiger partial charge on any atom is 0.406 e. The lowest BCUT2D eigenvalue weighted by atomic mass is 9.79. The SMILES string of the molecule is CC(C)(C)c1ccc(-c2ccc(C(C)(C)C)cc2)cc1.CC(C)(C)c1ccc(Oc2ccc(C(C)(C)C)cc2)cc1.CC(c1ccc(-c2ccc(C(C)(C(F)(F)F)C(F)(F)F)cc2)cc1)(C(F)(F)F)C(F)(F)F.CC(c1ccc(Oc2ccc(C(C)(C(F)(F)F)C(F)(F)F)cc2)cc1)(C(F)(F)F)C(F)(F)F.COc1ccc(-c2ccc(OC)cc2)cc1. The van der Waals surface area contributed by atoms with Crippen molar-refractivity contribution >= 4 is 0 Å². The van der Waals surface area contributed by atoms with Crippen molar-refractivity contribution in [1.82, 2.24) is 0 Å². The molecular formula is C94H94F24O4. The van der Waals surface area contributed by atoms with Gasteiger partial charge in [0, 0.05) is 0 Å². The predicted molar refractivity (Wildman–Crippen MR) is 427 cm³/mol. The third kappa shape index (κ3) is 23.7. The Balaban J connectivity index is 0.000000242. The van der Waals surface area contributed by atoms with Crippen LogP contribution in [0.2, 0.25) is 0 Å². The van der Waals surface area contributed by atoms with Gasteiger partial charge in [-0.15, -0.1) is 0 Å². The molecule has 0 fully saturated rings. The minimum atomic E-state index is -5.67. The second-order valence-electron chi connectivity index (χ2n) is 33.6. The van der Waals surface area contributed by atoms with Crippen LogP contribution in [0.5, 0.6) is 34.5 Å². The summed E-state index contributed by atoms with van der Waals surface area (Å²) in [6, 6.07) is 61.4. The van der Waals surface area contributed by atoms with Crippen LogP contribution in [0.25, 0.3) is 33.4 Å². The van der Waals surface area contributed by atoms with Gasteiger partial charge in [0.15, 0.2) is 21.7 Å². The van der Waals surface area contributed by atoms with Crippen LogP contribution in [0.1, 0.15) is 155 Å². The Hall–Kier alpha value is -10.3. The minimum Gasteiger partial charge on any atom is -0.497 e. The highest BCUT2D eigenvalue weighted by Gasteiger charge is 2.71. The summed E-state index contributed by atoms with van der Waals surface area (Å²) in [6.07, 6.45) is -45.4. The van der Waals surface area contributed by atoms with E-state index in [1.54, 1.807) is 14.2 Å². The molecule has 10 rings (SSSR count). The van der Waals surface area contributed by atoms with Gasteiger partial charge in [-0.1, -0.05) is 253 Å². The van der Waals surface area contributed by atoms with E-state index in [0.717, 1.165) is 71.5 Å². The van der Waals surface area contributed by atoms with Gasteiger partial charge in [-0.2, -0.15) is 105 Å². The molecule has 0 unspecified atom stereocenters. The number of rotatable bonds is 13. The van der Waals surface area contributed by atoms with Crippen LogP contribution in [-0.4, -0.2) is 63.6 Å². The van der Waals surface area contributed by atoms with Crippen LogP contribution in [0, 0.1) is 0 Å². The van der Waals surface area contributed by atoms with E-state index in [2.05, 4.69) is 156 Å². The maximum atomic E-state index is 13.2. The molecule has 0 aromatic heterocycles. The first kappa shape index (κ1) is 101. The normalized spacial score (nSPS) is 13.2. The zero-order valence-corrected chi connectivity index (χ0v) is 69.8. The van der Waals surface area contributed by atoms with Crippen LogP contribution in [-0.2, 0) is 43.3 Å². The Morgan fingerprint density at radius 2 is 0.254 bits per heavy atom. The topological polar surface area (TPSA) is 36.9 Å². The van der Waals surface area contributed by atoms with Gasteiger partial charge in [0.05, 0.1) is 14.2 Å². The van der Waals surface area contributed by atoms with Crippen molar-refractivity contribution in [3.05, 3.63) is 287 Å². The Kier molecular flexibility index (Phi) is 30.5. The number of halogens is 24. The predicted octanol–water partition coefficient (Wildman–Crippen LogP) is 31.8. The van der Waals surface area contributed by atoms with Gasteiger partial charge >= 0.3 is 49.4 Å². The van der Waals surface area contributed by atoms with Crippen LogP contribution in [0.3, 0.4) is 0 Å². The van der Waals surface area contributed by atoms with Crippen molar-refractivity contribution in [3.63, 3.8) is 0 Å². The standard InChI is InChI=1S/C20H14F12O.C20H14F12.C20H26O.C20H26.C14H14O2/c1-15(17(21,22)23,18(24,25)26)11-3-7-13(8-4-11)33-14-9-5-12(6-10-14)16(2,19(27,28)29)20(30,31)32;1-15(17(21,22)23,18(24,25)26)13-7-3-11(4-8-13)12-5-9-14(10-6-12)16(2,19(27,28)29)20(30,31)32;1-19(2,3)15-7-11-17(12-8-15)21-18-13-9-16(10-14-18)20(4,5)6;1-19(2,3)17-11-7-15(8-12-17)16-9-13-18(14-10-16)20(4,5)6;1-15-13-7-3-11(4-8-13)12-5-9-14(16-2)10-6-12/h3-10H,1-2H3;3-10H,1-2H3;7-14H,1-6H3;7-14H,1-6H3;3-10H,1-2H3. The van der Waals surface area contributed by atoms with Gasteiger partial charge in [0.25, 0.3) is 0 Å². The number of methoxy groups -OCH3 is 2. The number of hydrogen-bond donors (Lipinski definition) is 0. The van der Waals surface area contributed by atoms with Crippen LogP contribution in [0.4, 0.5) is 105 Å². The summed E-state index contributed by atoms with van der Waals surface area (Å²) >= 11 is 0. The maximum absolute atomic E-state index is 13.2. The highest BCUT2D eigenvalue weighted by molar-refractivity contribution is 5.67. The zero-order valence-electron chi connectivity index (χ0n) is 69.8. The number of alkyl halides is 24. The van der Waals surface area contributed by atoms with Gasteiger partial charge in [-0.05, 0) is 200 Å². The molecule has 0 amide bonds. The summed E-state index contributed by atoms with van der Waals surface area (Å²) in [5, 5.41) is 0. The zero-order chi connectivity index (χ0) is 92.7. The first-order chi connectivity index (χ1) is 55.5. The van der Waals surface area contributed by atoms with Gasteiger partial charge in [-0.3, -0.25) is 0 Å². The van der Waals surface area contributed by atoms with Crippen molar-refractivity contribution in [2.24, 2.45) is 0 Å². The van der Waals surface area contributed by atoms with Crippen LogP contribution < -0.4 is 18.9 Å². The summed E-state index contributed by atoms with van der Waals surface area (Å²) < 4.78 is 337. The Labute approximate surface area is 694 Å². The molecule has 0 saturated heterocycles. The third-order valence-corrected chi connectivity index (χ3v) is 20.9. The second kappa shape index (κ2) is 37.0. The average molecular weight is 1740 g/mol. The summed E-state index contributed by atoms with van der Waals surface area (Å²) in [6.45, 7) is 26.6. The van der Waals surface area contributed by atoms with E-state index in [-0.39, 0.29) is 72.0 Å². The molecule has 28 heteroatoms. The van der Waals surface area contributed by atoms with Gasteiger partial charge in [0.2, 0.25) is 0 Å². The van der Waals surface area contributed by atoms with E-state index >= 15 is 0 Å². The Bertz CT molecular complexity index is 4560. The van der Waals surface area contributed by atoms with Crippen LogP contribution in [0.15, 0.2) is 243 Å². The molecule has 0 bridgehead atoms. The molecule has 0 aliphatic carbocycles. The molecule has 122 heavy (non-hydrogen) atoms. The summed E-state index contributed by atoms with van der Waals surface area (Å²) in [5.74, 6) is 2.91. The number of hydrogen-bond acceptors (Lipinski definition) is 4. The lowest BCUT2D eigenvalue weighted by Gasteiger charge is -2.34. The lowest BCUT2D eigenvalue weighted by Crippen LogP contribution is -2.51. The fraction of sp³-hybridized carbons (Fsp3) is 0.362. The fourth-order valence-electron chi connectivity index (χ4n) is 11.9. The first-order valence-corrected chi connectivity index (χ1v) is 37.5. The van der Waals surface area contributed by atoms with Gasteiger partial charge < -0.3 is 18.9 Å². The average Bonchev–Trinajstić information content (AvgIpc) is 0.760. The third-order valence-electron chi connectivity index (χ3n) is 20.9. The molecular weight excluding hydrogens is 1650 g/mol. The van der Waals surface area contributed by atoms with E-state index in [4.69, 9.17) is 18.9 Å². The molecule has 662 valence electrons. The largest absolute Gasteiger partial charge is 0.497 e. The van der Waals surface area contributed by atoms with E-state index in [1.807, 2.05) is 72.8 Å². The lowest BCUT2D eigenvalue weighted by molar-refractivity contribution is -0.298. The van der Waals surface area contributed by atoms with Crippen LogP contribution >= 0.6 is 0 Å². The number of ether oxygens (including phenoxy) is 4. The minimum absolute atomic E-state index is 0.00674. The van der Waals surface area contributed by atoms with Crippen molar-refractivity contribution in [1.29, 1.82) is 0 Å². The molecule has 10 aromatic rings. The van der Waals surface area contributed by atoms with Gasteiger partial charge in [0.1, 0.15) is 34.5 Å². The second-order valence-corrected chi connectivity index (χ2v) is 33.6. The molecule has 0 aliphatic rings. The summed E-state index contributed by atoms with van der Waals surface area (Å²) in [7, 11) is 3.34. The van der Waals surface area contributed by atoms with Crippen molar-refractivity contribution in [3.8, 4) is 67.9 Å². The van der Waals surface area contributed by atoms with E-state index in [0.29, 0.717) is 48.5 Å². The summed E-state index contributed by atoms with van der Waals surface area (Å²) in [4.78, 5) is 0. The van der Waals surface area contributed by atoms with E-state index < -0.39 is 93.3 Å². The highest BCUT2D eigenvalue weighted by atomic mass is 19.4. The molecule has 0 N–H and O–H groups in total. The van der Waals surface area contributed by atoms with Crippen molar-refractivity contribution in [2.45, 2.75) is 204 Å². The fourth-order valence-corrected chi connectivity index (χ4v) is 11.9. The number of benzene rings is 10. The smallest absolute Gasteiger partial charge is 0.406 e. The van der Waals surface area contributed by atoms with E-state index in [1.165, 1.54) is 44.5 Å². The van der Waals surface area contributed by atoms with E-state index in [9.17, 15) is 105 Å². The van der Waals surface area contributed by atoms with Crippen molar-refractivity contribution < 1.29 is 124 Å². The van der Waals surface area contributed by atoms with Gasteiger partial charge in [-0.25, -0.2) is 0 Å². The monoisotopic (exact) mass is 1740 g/mol.